The van der Waals surface area contributed by atoms with Crippen molar-refractivity contribution in [2.45, 2.75) is 18.2 Å². The van der Waals surface area contributed by atoms with E-state index in [0.717, 1.165) is 5.56 Å². The third-order valence-electron chi connectivity index (χ3n) is 1.79. The second-order valence-corrected chi connectivity index (χ2v) is 3.69. The van der Waals surface area contributed by atoms with Crippen molar-refractivity contribution in [2.75, 3.05) is 0 Å². The van der Waals surface area contributed by atoms with Crippen molar-refractivity contribution in [1.82, 2.24) is 0 Å². The molecule has 0 aromatic heterocycles. The molecule has 70 valence electrons. The number of rotatable bonds is 3. The lowest BCUT2D eigenvalue weighted by Crippen LogP contribution is -2.12. The Kier molecular flexibility index (Phi) is 3.76. The molecule has 0 amide bonds. The number of hydrogen-bond acceptors (Lipinski definition) is 1. The maximum Gasteiger partial charge on any atom is 0.180 e. The van der Waals surface area contributed by atoms with Crippen LogP contribution in [0.1, 0.15) is 22.8 Å². The zero-order valence-electron chi connectivity index (χ0n) is 7.26. The summed E-state index contributed by atoms with van der Waals surface area (Å²) in [6, 6.07) is 7.24. The number of benzene rings is 1. The quantitative estimate of drug-likeness (QED) is 0.561. The van der Waals surface area contributed by atoms with Gasteiger partial charge in [-0.2, -0.15) is 0 Å². The molecule has 0 N–H and O–H groups in total. The molecule has 1 nitrogen and oxygen atoms in total. The monoisotopic (exact) mass is 216 g/mol. The summed E-state index contributed by atoms with van der Waals surface area (Å²) in [4.78, 5) is 11.5. The fraction of sp³-hybridized carbons (Fsp3) is 0.300. The van der Waals surface area contributed by atoms with Gasteiger partial charge >= 0.3 is 0 Å². The summed E-state index contributed by atoms with van der Waals surface area (Å²) in [6.07, 6.45) is 0. The Labute approximate surface area is 87.7 Å². The molecule has 1 aromatic carbocycles. The first-order chi connectivity index (χ1) is 6.16. The highest BCUT2D eigenvalue weighted by atomic mass is 35.5. The molecular formula is C10H10Cl2O. The number of carbonyl (C=O) groups excluding carboxylic acids is 1. The molecule has 0 bridgehead atoms. The molecule has 1 unspecified atom stereocenters. The molecule has 0 spiro atoms. The minimum Gasteiger partial charge on any atom is -0.293 e. The largest absolute Gasteiger partial charge is 0.293 e. The van der Waals surface area contributed by atoms with Crippen LogP contribution in [0.15, 0.2) is 24.3 Å². The molecule has 0 heterocycles. The number of alkyl halides is 2. The number of Topliss-reactive ketones (excluding diaryl/α,β-unsaturated/α-hetero) is 1. The standard InChI is InChI=1S/C10H10Cl2O/c1-7(12)10(13)9-5-3-2-4-8(9)6-11/h2-5,7H,6H2,1H3. The minimum atomic E-state index is -0.496. The molecule has 1 rings (SSSR count). The van der Waals surface area contributed by atoms with Crippen LogP contribution in [-0.2, 0) is 5.88 Å². The maximum atomic E-state index is 11.5. The molecule has 13 heavy (non-hydrogen) atoms. The second kappa shape index (κ2) is 4.64. The van der Waals surface area contributed by atoms with Gasteiger partial charge in [0, 0.05) is 11.4 Å². The van der Waals surface area contributed by atoms with Crippen LogP contribution < -0.4 is 0 Å². The van der Waals surface area contributed by atoms with Gasteiger partial charge in [0.1, 0.15) is 0 Å². The molecule has 0 aliphatic carbocycles. The fourth-order valence-corrected chi connectivity index (χ4v) is 1.44. The molecule has 0 saturated carbocycles. The summed E-state index contributed by atoms with van der Waals surface area (Å²) < 4.78 is 0. The summed E-state index contributed by atoms with van der Waals surface area (Å²) in [5.74, 6) is 0.267. The van der Waals surface area contributed by atoms with Crippen molar-refractivity contribution >= 4 is 29.0 Å². The molecule has 0 radical (unpaired) electrons. The van der Waals surface area contributed by atoms with Gasteiger partial charge in [-0.1, -0.05) is 24.3 Å². The van der Waals surface area contributed by atoms with Crippen LogP contribution in [0.2, 0.25) is 0 Å². The van der Waals surface area contributed by atoms with Crippen molar-refractivity contribution in [3.8, 4) is 0 Å². The summed E-state index contributed by atoms with van der Waals surface area (Å²) in [5, 5.41) is -0.496. The third kappa shape index (κ3) is 2.45. The maximum absolute atomic E-state index is 11.5. The van der Waals surface area contributed by atoms with Crippen LogP contribution >= 0.6 is 23.2 Å². The zero-order valence-corrected chi connectivity index (χ0v) is 8.77. The average molecular weight is 217 g/mol. The van der Waals surface area contributed by atoms with Crippen LogP contribution in [0, 0.1) is 0 Å². The second-order valence-electron chi connectivity index (χ2n) is 2.77. The first-order valence-electron chi connectivity index (χ1n) is 3.99. The van der Waals surface area contributed by atoms with Gasteiger partial charge in [0.05, 0.1) is 5.38 Å². The van der Waals surface area contributed by atoms with Gasteiger partial charge in [-0.15, -0.1) is 23.2 Å². The number of carbonyl (C=O) groups is 1. The molecule has 0 fully saturated rings. The van der Waals surface area contributed by atoms with Crippen molar-refractivity contribution in [3.05, 3.63) is 35.4 Å². The van der Waals surface area contributed by atoms with Crippen LogP contribution in [0.4, 0.5) is 0 Å². The minimum absolute atomic E-state index is 0.0714. The smallest absolute Gasteiger partial charge is 0.180 e. The Hall–Kier alpha value is -0.530. The van der Waals surface area contributed by atoms with Gasteiger partial charge in [0.25, 0.3) is 0 Å². The fourth-order valence-electron chi connectivity index (χ4n) is 1.09. The predicted molar refractivity (Wildman–Crippen MR) is 55.6 cm³/mol. The van der Waals surface area contributed by atoms with Crippen molar-refractivity contribution in [1.29, 1.82) is 0 Å². The summed E-state index contributed by atoms with van der Waals surface area (Å²) in [6.45, 7) is 1.66. The van der Waals surface area contributed by atoms with E-state index in [4.69, 9.17) is 23.2 Å². The molecule has 1 aromatic rings. The van der Waals surface area contributed by atoms with Crippen LogP contribution in [-0.4, -0.2) is 11.2 Å². The van der Waals surface area contributed by atoms with Gasteiger partial charge in [-0.3, -0.25) is 4.79 Å². The highest BCUT2D eigenvalue weighted by Crippen LogP contribution is 2.15. The first-order valence-corrected chi connectivity index (χ1v) is 4.96. The van der Waals surface area contributed by atoms with Crippen molar-refractivity contribution in [2.24, 2.45) is 0 Å². The Morgan fingerprint density at radius 3 is 2.62 bits per heavy atom. The van der Waals surface area contributed by atoms with E-state index in [1.54, 1.807) is 13.0 Å². The Bertz CT molecular complexity index is 308. The Balaban J connectivity index is 3.06. The third-order valence-corrected chi connectivity index (χ3v) is 2.27. The van der Waals surface area contributed by atoms with Crippen LogP contribution in [0.25, 0.3) is 0 Å². The summed E-state index contributed by atoms with van der Waals surface area (Å²) in [7, 11) is 0. The zero-order chi connectivity index (χ0) is 9.84. The van der Waals surface area contributed by atoms with Crippen molar-refractivity contribution in [3.63, 3.8) is 0 Å². The van der Waals surface area contributed by atoms with E-state index < -0.39 is 5.38 Å². The lowest BCUT2D eigenvalue weighted by molar-refractivity contribution is 0.0991. The van der Waals surface area contributed by atoms with Gasteiger partial charge in [-0.25, -0.2) is 0 Å². The topological polar surface area (TPSA) is 17.1 Å². The molecule has 0 aliphatic rings. The SMILES string of the molecule is CC(Cl)C(=O)c1ccccc1CCl. The summed E-state index contributed by atoms with van der Waals surface area (Å²) in [5.41, 5.74) is 1.46. The number of ketones is 1. The normalized spacial score (nSPS) is 12.5. The van der Waals surface area contributed by atoms with Gasteiger partial charge < -0.3 is 0 Å². The molecule has 0 aliphatic heterocycles. The molecule has 3 heteroatoms. The summed E-state index contributed by atoms with van der Waals surface area (Å²) >= 11 is 11.4. The Morgan fingerprint density at radius 1 is 1.46 bits per heavy atom. The van der Waals surface area contributed by atoms with Crippen molar-refractivity contribution < 1.29 is 4.79 Å². The van der Waals surface area contributed by atoms with E-state index in [2.05, 4.69) is 0 Å². The lowest BCUT2D eigenvalue weighted by Gasteiger charge is -2.06. The van der Waals surface area contributed by atoms with Gasteiger partial charge in [0.2, 0.25) is 0 Å². The predicted octanol–water partition coefficient (Wildman–Crippen LogP) is 3.24. The first kappa shape index (κ1) is 10.6. The highest BCUT2D eigenvalue weighted by Gasteiger charge is 2.14. The van der Waals surface area contributed by atoms with Crippen LogP contribution in [0.3, 0.4) is 0 Å². The van der Waals surface area contributed by atoms with E-state index in [0.29, 0.717) is 11.4 Å². The number of hydrogen-bond donors (Lipinski definition) is 0. The van der Waals surface area contributed by atoms with Crippen LogP contribution in [0.5, 0.6) is 0 Å². The van der Waals surface area contributed by atoms with E-state index >= 15 is 0 Å². The van der Waals surface area contributed by atoms with E-state index in [1.165, 1.54) is 0 Å². The van der Waals surface area contributed by atoms with Gasteiger partial charge in [0.15, 0.2) is 5.78 Å². The average Bonchev–Trinajstić information content (AvgIpc) is 2.16. The lowest BCUT2D eigenvalue weighted by atomic mass is 10.0. The van der Waals surface area contributed by atoms with E-state index in [9.17, 15) is 4.79 Å². The number of halogens is 2. The Morgan fingerprint density at radius 2 is 2.08 bits per heavy atom. The molecule has 1 atom stereocenters. The van der Waals surface area contributed by atoms with Gasteiger partial charge in [-0.05, 0) is 12.5 Å². The van der Waals surface area contributed by atoms with E-state index in [-0.39, 0.29) is 5.78 Å². The molecular weight excluding hydrogens is 207 g/mol. The highest BCUT2D eigenvalue weighted by molar-refractivity contribution is 6.34. The molecule has 0 saturated heterocycles. The van der Waals surface area contributed by atoms with E-state index in [1.807, 2.05) is 18.2 Å².